The van der Waals surface area contributed by atoms with Crippen LogP contribution in [0, 0.1) is 40.7 Å². The Kier molecular flexibility index (Phi) is 11.7. The van der Waals surface area contributed by atoms with E-state index in [2.05, 4.69) is 4.74 Å². The number of aromatic hydroxyl groups is 1. The van der Waals surface area contributed by atoms with Gasteiger partial charge in [0.2, 0.25) is 0 Å². The van der Waals surface area contributed by atoms with E-state index >= 15 is 0 Å². The summed E-state index contributed by atoms with van der Waals surface area (Å²) in [4.78, 5) is 21.6. The highest BCUT2D eigenvalue weighted by Crippen LogP contribution is 2.27. The van der Waals surface area contributed by atoms with Crippen LogP contribution in [0.5, 0.6) is 17.2 Å². The third-order valence-electron chi connectivity index (χ3n) is 4.63. The molecular weight excluding hydrogens is 565 g/mol. The summed E-state index contributed by atoms with van der Waals surface area (Å²) in [7, 11) is 0. The van der Waals surface area contributed by atoms with Crippen LogP contribution in [0.3, 0.4) is 0 Å². The Morgan fingerprint density at radius 3 is 1.66 bits per heavy atom. The Hall–Kier alpha value is -5.07. The quantitative estimate of drug-likeness (QED) is 0.144. The fourth-order valence-corrected chi connectivity index (χ4v) is 2.73. The molecule has 4 aromatic rings. The number of carboxylic acids is 1. The first-order chi connectivity index (χ1) is 19.3. The molecule has 0 aliphatic heterocycles. The maximum atomic E-state index is 13.5. The second-order valence-corrected chi connectivity index (χ2v) is 7.57. The maximum Gasteiger partial charge on any atom is 0.341 e. The number of ether oxygens (including phenoxy) is 2. The summed E-state index contributed by atoms with van der Waals surface area (Å²) in [5.41, 5.74) is -1.39. The molecule has 0 amide bonds. The molecule has 41 heavy (non-hydrogen) atoms. The number of hydrogen-bond acceptors (Lipinski definition) is 5. The topological polar surface area (TPSA) is 93.1 Å². The molecule has 0 radical (unpaired) electrons. The Labute approximate surface area is 227 Å². The molecule has 0 aliphatic carbocycles. The highest BCUT2D eigenvalue weighted by Gasteiger charge is 2.17. The first-order valence-electron chi connectivity index (χ1n) is 11.2. The van der Waals surface area contributed by atoms with Gasteiger partial charge in [-0.05, 0) is 67.6 Å². The average Bonchev–Trinajstić information content (AvgIpc) is 2.92. The Morgan fingerprint density at radius 1 is 0.659 bits per heavy atom. The zero-order valence-corrected chi connectivity index (χ0v) is 20.8. The zero-order chi connectivity index (χ0) is 30.7. The van der Waals surface area contributed by atoms with Gasteiger partial charge in [-0.3, -0.25) is 0 Å². The van der Waals surface area contributed by atoms with E-state index in [0.29, 0.717) is 24.3 Å². The van der Waals surface area contributed by atoms with Crippen molar-refractivity contribution >= 4 is 11.9 Å². The minimum Gasteiger partial charge on any atom is -0.508 e. The lowest BCUT2D eigenvalue weighted by atomic mass is 10.2. The monoisotopic (exact) mass is 584 g/mol. The van der Waals surface area contributed by atoms with E-state index in [-0.39, 0.29) is 23.9 Å². The first-order valence-corrected chi connectivity index (χ1v) is 11.2. The smallest absolute Gasteiger partial charge is 0.341 e. The summed E-state index contributed by atoms with van der Waals surface area (Å²) in [5, 5.41) is 17.2. The van der Waals surface area contributed by atoms with Crippen LogP contribution in [0.15, 0.2) is 72.8 Å². The van der Waals surface area contributed by atoms with Crippen molar-refractivity contribution in [3.05, 3.63) is 125 Å². The van der Waals surface area contributed by atoms with Crippen LogP contribution in [0.2, 0.25) is 0 Å². The summed E-state index contributed by atoms with van der Waals surface area (Å²) < 4.78 is 98.9. The molecule has 2 N–H and O–H groups in total. The van der Waals surface area contributed by atoms with Gasteiger partial charge in [0.25, 0.3) is 0 Å². The first kappa shape index (κ1) is 32.1. The Balaban J connectivity index is 0.000000234. The van der Waals surface area contributed by atoms with Crippen molar-refractivity contribution in [1.82, 2.24) is 0 Å². The normalized spacial score (nSPS) is 9.95. The fraction of sp³-hybridized carbons (Fsp3) is 0.0714. The number of hydrogen-bond donors (Lipinski definition) is 2. The summed E-state index contributed by atoms with van der Waals surface area (Å²) in [5.74, 6) is -9.61. The lowest BCUT2D eigenvalue weighted by Crippen LogP contribution is -2.08. The van der Waals surface area contributed by atoms with E-state index in [9.17, 15) is 40.3 Å². The number of phenolic OH excluding ortho intramolecular Hbond substituents is 1. The molecule has 0 saturated heterocycles. The number of phenols is 1. The van der Waals surface area contributed by atoms with Crippen molar-refractivity contribution in [2.24, 2.45) is 0 Å². The van der Waals surface area contributed by atoms with Gasteiger partial charge in [-0.2, -0.15) is 0 Å². The van der Waals surface area contributed by atoms with Gasteiger partial charge in [-0.1, -0.05) is 0 Å². The molecule has 0 saturated carbocycles. The second-order valence-electron chi connectivity index (χ2n) is 7.57. The van der Waals surface area contributed by atoms with Crippen LogP contribution in [0.1, 0.15) is 27.6 Å². The van der Waals surface area contributed by atoms with Crippen LogP contribution >= 0.6 is 0 Å². The number of carboxylic acid groups (broad SMARTS) is 1. The number of carbonyl (C=O) groups is 2. The van der Waals surface area contributed by atoms with Gasteiger partial charge in [0, 0.05) is 12.1 Å². The fourth-order valence-electron chi connectivity index (χ4n) is 2.73. The summed E-state index contributed by atoms with van der Waals surface area (Å²) in [6.07, 6.45) is 0. The van der Waals surface area contributed by atoms with Gasteiger partial charge in [-0.15, -0.1) is 0 Å². The van der Waals surface area contributed by atoms with Gasteiger partial charge in [0.1, 0.15) is 34.8 Å². The third kappa shape index (κ3) is 9.88. The van der Waals surface area contributed by atoms with Crippen molar-refractivity contribution in [3.8, 4) is 17.2 Å². The molecule has 0 atom stereocenters. The van der Waals surface area contributed by atoms with E-state index < -0.39 is 63.7 Å². The van der Waals surface area contributed by atoms with E-state index in [0.717, 1.165) is 12.1 Å². The van der Waals surface area contributed by atoms with E-state index in [1.165, 1.54) is 43.3 Å². The molecular formula is C28H19F7O6. The molecule has 0 aromatic heterocycles. The van der Waals surface area contributed by atoms with E-state index in [1.807, 2.05) is 0 Å². The summed E-state index contributed by atoms with van der Waals surface area (Å²) in [6, 6.07) is 11.6. The lowest BCUT2D eigenvalue weighted by molar-refractivity contribution is 0.0519. The van der Waals surface area contributed by atoms with Gasteiger partial charge in [0.15, 0.2) is 23.2 Å². The summed E-state index contributed by atoms with van der Waals surface area (Å²) >= 11 is 0. The molecule has 13 heteroatoms. The second kappa shape index (κ2) is 14.9. The highest BCUT2D eigenvalue weighted by molar-refractivity contribution is 5.89. The predicted molar refractivity (Wildman–Crippen MR) is 130 cm³/mol. The predicted octanol–water partition coefficient (Wildman–Crippen LogP) is 7.41. The number of rotatable bonds is 5. The molecule has 4 rings (SSSR count). The van der Waals surface area contributed by atoms with Gasteiger partial charge in [-0.25, -0.2) is 40.3 Å². The van der Waals surface area contributed by atoms with Gasteiger partial charge >= 0.3 is 11.9 Å². The van der Waals surface area contributed by atoms with E-state index in [4.69, 9.17) is 14.9 Å². The van der Waals surface area contributed by atoms with Crippen molar-refractivity contribution in [3.63, 3.8) is 0 Å². The van der Waals surface area contributed by atoms with Crippen LogP contribution in [-0.4, -0.2) is 28.8 Å². The van der Waals surface area contributed by atoms with Crippen molar-refractivity contribution in [2.75, 3.05) is 6.61 Å². The van der Waals surface area contributed by atoms with Crippen LogP contribution in [0.4, 0.5) is 30.7 Å². The molecule has 0 unspecified atom stereocenters. The number of benzene rings is 4. The van der Waals surface area contributed by atoms with Gasteiger partial charge < -0.3 is 19.7 Å². The minimum atomic E-state index is -1.58. The molecule has 216 valence electrons. The molecule has 0 bridgehead atoms. The standard InChI is InChI=1S/C13H7F3O3.C9H7F3O2.C6H5FO/c14-7-1-3-8(4-2-7)19-12-6-10(15)9(13(17)18)5-11(12)16;1-2-14-9(13)5-3-7(11)8(12)4-6(5)10;7-5-1-3-6(8)4-2-5/h1-6H,(H,17,18);3-4H,2H2,1H3;1-4,8H. The highest BCUT2D eigenvalue weighted by atomic mass is 19.2. The maximum absolute atomic E-state index is 13.5. The Bertz CT molecular complexity index is 1470. The largest absolute Gasteiger partial charge is 0.508 e. The minimum absolute atomic E-state index is 0.0390. The van der Waals surface area contributed by atoms with Crippen LogP contribution in [-0.2, 0) is 4.74 Å². The molecule has 6 nitrogen and oxygen atoms in total. The number of aromatic carboxylic acids is 1. The molecule has 0 fully saturated rings. The third-order valence-corrected chi connectivity index (χ3v) is 4.63. The zero-order valence-electron chi connectivity index (χ0n) is 20.8. The molecule has 4 aromatic carbocycles. The number of halogens is 7. The van der Waals surface area contributed by atoms with Crippen LogP contribution < -0.4 is 4.74 Å². The molecule has 0 aliphatic rings. The SMILES string of the molecule is CCOC(=O)c1cc(F)c(F)cc1F.O=C(O)c1cc(F)c(Oc2ccc(F)cc2)cc1F.Oc1ccc(F)cc1. The van der Waals surface area contributed by atoms with Crippen molar-refractivity contribution in [2.45, 2.75) is 6.92 Å². The molecule has 0 spiro atoms. The van der Waals surface area contributed by atoms with Crippen LogP contribution in [0.25, 0.3) is 0 Å². The number of esters is 1. The van der Waals surface area contributed by atoms with Crippen molar-refractivity contribution in [1.29, 1.82) is 0 Å². The van der Waals surface area contributed by atoms with Gasteiger partial charge in [0.05, 0.1) is 17.7 Å². The Morgan fingerprint density at radius 2 is 1.15 bits per heavy atom. The number of carbonyl (C=O) groups excluding carboxylic acids is 1. The molecule has 0 heterocycles. The van der Waals surface area contributed by atoms with Crippen molar-refractivity contribution < 1.29 is 60.0 Å². The average molecular weight is 584 g/mol. The summed E-state index contributed by atoms with van der Waals surface area (Å²) in [6.45, 7) is 1.56. The van der Waals surface area contributed by atoms with E-state index in [1.54, 1.807) is 0 Å². The lowest BCUT2D eigenvalue weighted by Gasteiger charge is -2.08.